The molecule has 0 saturated carbocycles. The van der Waals surface area contributed by atoms with E-state index in [2.05, 4.69) is 0 Å². The van der Waals surface area contributed by atoms with Crippen LogP contribution in [0.25, 0.3) is 0 Å². The summed E-state index contributed by atoms with van der Waals surface area (Å²) in [6.07, 6.45) is -2.81. The predicted octanol–water partition coefficient (Wildman–Crippen LogP) is -3.57. The number of carboxylic acids is 2. The highest BCUT2D eigenvalue weighted by molar-refractivity contribution is 6.24. The Balaban J connectivity index is 2.60. The molecule has 2 aromatic rings. The van der Waals surface area contributed by atoms with E-state index < -0.39 is 93.2 Å². The van der Waals surface area contributed by atoms with Gasteiger partial charge in [-0.05, 0) is 35.4 Å². The molecule has 0 aromatic heterocycles. The number of hydrogen-bond acceptors (Lipinski definition) is 14. The highest BCUT2D eigenvalue weighted by Crippen LogP contribution is 2.36. The van der Waals surface area contributed by atoms with E-state index >= 15 is 0 Å². The number of aliphatic hydroxyl groups is 6. The molecule has 0 heterocycles. The molecule has 0 amide bonds. The van der Waals surface area contributed by atoms with E-state index in [1.165, 1.54) is 0 Å². The highest BCUT2D eigenvalue weighted by Gasteiger charge is 2.75. The third-order valence-corrected chi connectivity index (χ3v) is 5.51. The molecule has 2 unspecified atom stereocenters. The number of ketones is 2. The first-order valence-corrected chi connectivity index (χ1v) is 10.1. The molecular formula is C22H22O16. The van der Waals surface area contributed by atoms with Gasteiger partial charge in [-0.15, -0.1) is 0 Å². The van der Waals surface area contributed by atoms with Crippen LogP contribution in [0.2, 0.25) is 0 Å². The lowest BCUT2D eigenvalue weighted by Crippen LogP contribution is -2.77. The Morgan fingerprint density at radius 3 is 1.05 bits per heavy atom. The number of phenolic OH excluding ortho intramolecular Hbond substituents is 4. The molecule has 0 spiro atoms. The summed E-state index contributed by atoms with van der Waals surface area (Å²) in [5.74, 6) is -22.9. The van der Waals surface area contributed by atoms with Crippen LogP contribution in [0.1, 0.15) is 11.1 Å². The molecule has 0 aliphatic heterocycles. The lowest BCUT2D eigenvalue weighted by atomic mass is 9.71. The van der Waals surface area contributed by atoms with E-state index in [1.54, 1.807) is 0 Å². The Bertz CT molecular complexity index is 1200. The van der Waals surface area contributed by atoms with Gasteiger partial charge in [0.1, 0.15) is 0 Å². The van der Waals surface area contributed by atoms with Gasteiger partial charge in [0.05, 0.1) is 0 Å². The second-order valence-electron chi connectivity index (χ2n) is 8.32. The van der Waals surface area contributed by atoms with Crippen LogP contribution in [0.5, 0.6) is 23.0 Å². The molecule has 0 aliphatic carbocycles. The zero-order valence-electron chi connectivity index (χ0n) is 18.9. The second kappa shape index (κ2) is 9.86. The molecule has 38 heavy (non-hydrogen) atoms. The van der Waals surface area contributed by atoms with Crippen LogP contribution in [0.15, 0.2) is 36.4 Å². The summed E-state index contributed by atoms with van der Waals surface area (Å²) < 4.78 is 0. The fourth-order valence-corrected chi connectivity index (χ4v) is 3.50. The van der Waals surface area contributed by atoms with Crippen LogP contribution < -0.4 is 0 Å². The molecule has 2 atom stereocenters. The van der Waals surface area contributed by atoms with Crippen molar-refractivity contribution < 1.29 is 80.5 Å². The third kappa shape index (κ3) is 5.07. The summed E-state index contributed by atoms with van der Waals surface area (Å²) in [7, 11) is 0. The van der Waals surface area contributed by atoms with Crippen LogP contribution in [0.3, 0.4) is 0 Å². The van der Waals surface area contributed by atoms with Crippen molar-refractivity contribution in [3.63, 3.8) is 0 Å². The van der Waals surface area contributed by atoms with E-state index in [9.17, 15) is 80.5 Å². The van der Waals surface area contributed by atoms with Crippen molar-refractivity contribution in [3.8, 4) is 23.0 Å². The smallest absolute Gasteiger partial charge is 0.348 e. The number of aliphatic carboxylic acids is 2. The Morgan fingerprint density at radius 2 is 0.816 bits per heavy atom. The Kier molecular flexibility index (Phi) is 7.76. The van der Waals surface area contributed by atoms with Gasteiger partial charge in [0, 0.05) is 12.8 Å². The van der Waals surface area contributed by atoms with Crippen LogP contribution in [0.4, 0.5) is 0 Å². The van der Waals surface area contributed by atoms with Crippen molar-refractivity contribution in [3.05, 3.63) is 47.5 Å². The average Bonchev–Trinajstić information content (AvgIpc) is 2.81. The van der Waals surface area contributed by atoms with Gasteiger partial charge in [0.25, 0.3) is 11.2 Å². The van der Waals surface area contributed by atoms with E-state index in [1.807, 2.05) is 0 Å². The number of rotatable bonds is 11. The molecule has 2 rings (SSSR count). The zero-order chi connectivity index (χ0) is 29.4. The fourth-order valence-electron chi connectivity index (χ4n) is 3.50. The van der Waals surface area contributed by atoms with Crippen molar-refractivity contribution in [2.75, 3.05) is 0 Å². The Morgan fingerprint density at radius 1 is 0.526 bits per heavy atom. The first-order valence-electron chi connectivity index (χ1n) is 10.1. The van der Waals surface area contributed by atoms with E-state index in [0.29, 0.717) is 12.1 Å². The van der Waals surface area contributed by atoms with Gasteiger partial charge in [-0.1, -0.05) is 12.1 Å². The fraction of sp³-hybridized carbons (Fsp3) is 0.273. The number of benzene rings is 2. The number of hydrogen-bond donors (Lipinski definition) is 12. The summed E-state index contributed by atoms with van der Waals surface area (Å²) in [6, 6.07) is 4.71. The van der Waals surface area contributed by atoms with E-state index in [4.69, 9.17) is 0 Å². The van der Waals surface area contributed by atoms with Crippen LogP contribution in [-0.4, -0.2) is 108 Å². The zero-order valence-corrected chi connectivity index (χ0v) is 18.9. The summed E-state index contributed by atoms with van der Waals surface area (Å²) in [4.78, 5) is 49.6. The minimum absolute atomic E-state index is 0.414. The van der Waals surface area contributed by atoms with Crippen molar-refractivity contribution in [2.24, 2.45) is 0 Å². The molecule has 16 nitrogen and oxygen atoms in total. The van der Waals surface area contributed by atoms with Gasteiger partial charge in [-0.3, -0.25) is 9.59 Å². The number of aromatic hydroxyl groups is 4. The molecule has 0 aliphatic rings. The first kappa shape index (κ1) is 29.9. The lowest BCUT2D eigenvalue weighted by molar-refractivity contribution is -0.241. The van der Waals surface area contributed by atoms with Crippen LogP contribution in [0, 0.1) is 0 Å². The summed E-state index contributed by atoms with van der Waals surface area (Å²) in [6.45, 7) is 0. The molecule has 2 aromatic carbocycles. The number of phenols is 4. The maximum absolute atomic E-state index is 12.9. The maximum atomic E-state index is 12.9. The Labute approximate surface area is 210 Å². The average molecular weight is 542 g/mol. The van der Waals surface area contributed by atoms with Crippen molar-refractivity contribution in [2.45, 2.75) is 35.6 Å². The van der Waals surface area contributed by atoms with E-state index in [-0.39, 0.29) is 0 Å². The number of Topliss-reactive ketones (excluding diaryl/α,β-unsaturated/α-hetero) is 2. The molecule has 0 bridgehead atoms. The highest BCUT2D eigenvalue weighted by atomic mass is 16.5. The quantitative estimate of drug-likeness (QED) is 0.0742. The van der Waals surface area contributed by atoms with Crippen molar-refractivity contribution >= 4 is 23.5 Å². The molecule has 0 radical (unpaired) electrons. The van der Waals surface area contributed by atoms with Crippen LogP contribution >= 0.6 is 0 Å². The molecule has 206 valence electrons. The molecule has 12 N–H and O–H groups in total. The molecule has 0 fully saturated rings. The van der Waals surface area contributed by atoms with Gasteiger partial charge in [-0.2, -0.15) is 0 Å². The van der Waals surface area contributed by atoms with Gasteiger partial charge < -0.3 is 61.3 Å². The Hall–Kier alpha value is -4.32. The molecule has 0 saturated heterocycles. The molecular weight excluding hydrogens is 520 g/mol. The monoisotopic (exact) mass is 542 g/mol. The minimum atomic E-state index is -4.98. The number of carboxylic acid groups (broad SMARTS) is 2. The van der Waals surface area contributed by atoms with Crippen molar-refractivity contribution in [1.82, 2.24) is 0 Å². The number of carbonyl (C=O) groups is 4. The standard InChI is InChI=1S/C22H22O16/c23-11-3-1-9(5-13(11)25)7-19(33,34)15(27)21(37,17(29)30)22(38,18(31)32)16(28)20(35,36)8-10-2-4-12(24)14(26)6-10/h1-6,23-26,33-38H,7-8H2,(H,29,30)(H,31,32). The van der Waals surface area contributed by atoms with Gasteiger partial charge >= 0.3 is 11.9 Å². The van der Waals surface area contributed by atoms with Crippen LogP contribution in [-0.2, 0) is 32.0 Å². The van der Waals surface area contributed by atoms with Crippen molar-refractivity contribution in [1.29, 1.82) is 0 Å². The third-order valence-electron chi connectivity index (χ3n) is 5.51. The summed E-state index contributed by atoms with van der Waals surface area (Å²) in [5.41, 5.74) is -10.8. The van der Waals surface area contributed by atoms with Gasteiger partial charge in [0.15, 0.2) is 23.0 Å². The van der Waals surface area contributed by atoms with E-state index in [0.717, 1.165) is 24.3 Å². The summed E-state index contributed by atoms with van der Waals surface area (Å²) >= 11 is 0. The predicted molar refractivity (Wildman–Crippen MR) is 116 cm³/mol. The first-order chi connectivity index (χ1) is 17.2. The summed E-state index contributed by atoms with van der Waals surface area (Å²) in [5, 5.41) is 119. The van der Waals surface area contributed by atoms with Gasteiger partial charge in [0.2, 0.25) is 23.1 Å². The second-order valence-corrected chi connectivity index (χ2v) is 8.32. The van der Waals surface area contributed by atoms with Gasteiger partial charge in [-0.25, -0.2) is 9.59 Å². The number of carbonyl (C=O) groups excluding carboxylic acids is 2. The topological polar surface area (TPSA) is 311 Å². The maximum Gasteiger partial charge on any atom is 0.348 e. The molecule has 16 heteroatoms. The minimum Gasteiger partial charge on any atom is -0.504 e. The largest absolute Gasteiger partial charge is 0.504 e. The normalized spacial score (nSPS) is 15.2. The lowest BCUT2D eigenvalue weighted by Gasteiger charge is -2.39. The SMILES string of the molecule is O=C(O)C(O)(C(=O)C(O)(O)Cc1ccc(O)c(O)c1)C(O)(C(=O)O)C(=O)C(O)(O)Cc1ccc(O)c(O)c1.